The van der Waals surface area contributed by atoms with Crippen molar-refractivity contribution in [2.45, 2.75) is 61.6 Å². The van der Waals surface area contributed by atoms with E-state index in [0.717, 1.165) is 128 Å². The van der Waals surface area contributed by atoms with Gasteiger partial charge in [-0.3, -0.25) is 0 Å². The average molecular weight is 1020 g/mol. The van der Waals surface area contributed by atoms with E-state index in [1.54, 1.807) is 12.1 Å². The molecule has 0 unspecified atom stereocenters. The van der Waals surface area contributed by atoms with Gasteiger partial charge < -0.3 is 9.13 Å². The second kappa shape index (κ2) is 18.7. The van der Waals surface area contributed by atoms with E-state index in [0.29, 0.717) is 16.7 Å². The Morgan fingerprint density at radius 1 is 0.410 bits per heavy atom. The Hall–Kier alpha value is -9.43. The number of aryl methyl sites for hydroxylation is 8. The summed E-state index contributed by atoms with van der Waals surface area (Å²) in [5.74, 6) is 0. The van der Waals surface area contributed by atoms with Crippen molar-refractivity contribution in [2.75, 3.05) is 0 Å². The Morgan fingerprint density at radius 2 is 0.756 bits per heavy atom. The van der Waals surface area contributed by atoms with E-state index in [2.05, 4.69) is 216 Å². The minimum absolute atomic E-state index is 0.106. The molecule has 0 bridgehead atoms. The molecule has 0 aliphatic heterocycles. The summed E-state index contributed by atoms with van der Waals surface area (Å²) < 4.78 is 51.4. The Labute approximate surface area is 452 Å². The molecule has 2 heterocycles. The highest BCUT2D eigenvalue weighted by Gasteiger charge is 2.37. The summed E-state index contributed by atoms with van der Waals surface area (Å²) >= 11 is 0. The highest BCUT2D eigenvalue weighted by molar-refractivity contribution is 6.14. The number of nitriles is 1. The lowest BCUT2D eigenvalue weighted by molar-refractivity contribution is -0.137. The number of hydrogen-bond acceptors (Lipinski definition) is 1. The highest BCUT2D eigenvalue weighted by atomic mass is 19.4. The molecular formula is C71H53F3N4. The molecule has 7 heteroatoms. The van der Waals surface area contributed by atoms with Crippen molar-refractivity contribution in [2.24, 2.45) is 0 Å². The average Bonchev–Trinajstić information content (AvgIpc) is 4.13. The van der Waals surface area contributed by atoms with Gasteiger partial charge in [-0.2, -0.15) is 18.4 Å². The van der Waals surface area contributed by atoms with Crippen LogP contribution < -0.4 is 0 Å². The number of fused-ring (bicyclic) bond motifs is 6. The second-order valence-corrected chi connectivity index (χ2v) is 21.4. The zero-order chi connectivity index (χ0) is 54.5. The molecule has 0 aliphatic rings. The quantitative estimate of drug-likeness (QED) is 0.147. The van der Waals surface area contributed by atoms with E-state index in [1.165, 1.54) is 12.1 Å². The summed E-state index contributed by atoms with van der Waals surface area (Å²) in [6.07, 6.45) is -4.85. The Kier molecular flexibility index (Phi) is 11.8. The number of rotatable bonds is 7. The molecule has 78 heavy (non-hydrogen) atoms. The van der Waals surface area contributed by atoms with Crippen LogP contribution in [0.3, 0.4) is 0 Å². The van der Waals surface area contributed by atoms with Crippen molar-refractivity contribution in [1.29, 1.82) is 5.26 Å². The van der Waals surface area contributed by atoms with E-state index in [1.807, 2.05) is 4.57 Å². The molecule has 0 spiro atoms. The van der Waals surface area contributed by atoms with Crippen LogP contribution >= 0.6 is 0 Å². The van der Waals surface area contributed by atoms with E-state index in [-0.39, 0.29) is 28.1 Å². The van der Waals surface area contributed by atoms with Crippen molar-refractivity contribution in [3.05, 3.63) is 243 Å². The molecule has 12 aromatic rings. The monoisotopic (exact) mass is 1020 g/mol. The molecule has 12 rings (SSSR count). The van der Waals surface area contributed by atoms with Crippen molar-refractivity contribution >= 4 is 49.3 Å². The minimum Gasteiger partial charge on any atom is -0.308 e. The van der Waals surface area contributed by atoms with Crippen LogP contribution in [0.25, 0.3) is 115 Å². The first-order valence-electron chi connectivity index (χ1n) is 26.1. The fourth-order valence-corrected chi connectivity index (χ4v) is 12.3. The summed E-state index contributed by atoms with van der Waals surface area (Å²) in [6, 6.07) is 61.0. The lowest BCUT2D eigenvalue weighted by atomic mass is 9.92. The molecular weight excluding hydrogens is 966 g/mol. The first-order valence-corrected chi connectivity index (χ1v) is 26.1. The molecule has 0 saturated heterocycles. The standard InChI is InChI=1S/C71H53F3N4/c1-40-23-41(2)28-52(27-40)48-13-17-56-57-18-14-49(53-29-42(3)24-43(4)30-53)36-66(57)77(65(56)35-48)64-22-21-60(69-62(71(72,73)74)11-10-12-63(69)76-9)70(61(64)39-75)78-67-37-50(54-31-44(5)25-45(6)32-54)15-19-58(67)59-20-16-51(38-68(59)78)55-33-46(7)26-47(8)34-55/h10-38H,1-8H3. The number of halogens is 3. The van der Waals surface area contributed by atoms with Gasteiger partial charge in [0, 0.05) is 27.1 Å². The number of nitrogens with zero attached hydrogens (tertiary/aromatic N) is 4. The summed E-state index contributed by atoms with van der Waals surface area (Å²) in [6.45, 7) is 25.0. The summed E-state index contributed by atoms with van der Waals surface area (Å²) in [5, 5.41) is 15.8. The first kappa shape index (κ1) is 49.4. The molecule has 0 radical (unpaired) electrons. The fraction of sp³-hybridized carbons (Fsp3) is 0.127. The van der Waals surface area contributed by atoms with Gasteiger partial charge in [-0.1, -0.05) is 190 Å². The fourth-order valence-electron chi connectivity index (χ4n) is 12.3. The summed E-state index contributed by atoms with van der Waals surface area (Å²) in [5.41, 5.74) is 19.2. The van der Waals surface area contributed by atoms with Crippen molar-refractivity contribution in [1.82, 2.24) is 9.13 Å². The summed E-state index contributed by atoms with van der Waals surface area (Å²) in [4.78, 5) is 3.77. The maximum atomic E-state index is 15.8. The predicted octanol–water partition coefficient (Wildman–Crippen LogP) is 20.1. The van der Waals surface area contributed by atoms with Crippen molar-refractivity contribution in [3.63, 3.8) is 0 Å². The number of benzene rings is 10. The number of hydrogen-bond donors (Lipinski definition) is 0. The number of aromatic nitrogens is 2. The maximum absolute atomic E-state index is 15.8. The van der Waals surface area contributed by atoms with Gasteiger partial charge in [0.05, 0.1) is 45.6 Å². The third-order valence-corrected chi connectivity index (χ3v) is 15.2. The van der Waals surface area contributed by atoms with Crippen LogP contribution in [-0.4, -0.2) is 9.13 Å². The molecule has 2 aromatic heterocycles. The molecule has 10 aromatic carbocycles. The number of alkyl halides is 3. The van der Waals surface area contributed by atoms with E-state index in [9.17, 15) is 5.26 Å². The van der Waals surface area contributed by atoms with Gasteiger partial charge >= 0.3 is 6.18 Å². The van der Waals surface area contributed by atoms with E-state index in [4.69, 9.17) is 6.57 Å². The van der Waals surface area contributed by atoms with Gasteiger partial charge in [0.2, 0.25) is 0 Å². The Bertz CT molecular complexity index is 4310. The molecule has 0 saturated carbocycles. The van der Waals surface area contributed by atoms with Crippen LogP contribution in [0.15, 0.2) is 176 Å². The van der Waals surface area contributed by atoms with Crippen LogP contribution in [0.1, 0.15) is 55.6 Å². The van der Waals surface area contributed by atoms with Gasteiger partial charge in [-0.25, -0.2) is 4.85 Å². The molecule has 0 fully saturated rings. The largest absolute Gasteiger partial charge is 0.415 e. The van der Waals surface area contributed by atoms with Crippen LogP contribution in [0, 0.1) is 73.3 Å². The summed E-state index contributed by atoms with van der Waals surface area (Å²) in [7, 11) is 0. The first-order chi connectivity index (χ1) is 37.4. The van der Waals surface area contributed by atoms with Crippen LogP contribution in [0.5, 0.6) is 0 Å². The van der Waals surface area contributed by atoms with Crippen LogP contribution in [0.2, 0.25) is 0 Å². The van der Waals surface area contributed by atoms with Gasteiger partial charge in [-0.05, 0) is 136 Å². The molecule has 0 atom stereocenters. The Balaban J connectivity index is 1.28. The molecule has 0 N–H and O–H groups in total. The minimum atomic E-state index is -4.85. The molecule has 4 nitrogen and oxygen atoms in total. The third kappa shape index (κ3) is 8.49. The normalized spacial score (nSPS) is 11.8. The second-order valence-electron chi connectivity index (χ2n) is 21.4. The molecule has 0 aliphatic carbocycles. The Morgan fingerprint density at radius 3 is 1.08 bits per heavy atom. The van der Waals surface area contributed by atoms with E-state index < -0.39 is 11.7 Å². The van der Waals surface area contributed by atoms with Crippen molar-refractivity contribution < 1.29 is 13.2 Å². The van der Waals surface area contributed by atoms with Crippen LogP contribution in [-0.2, 0) is 6.18 Å². The van der Waals surface area contributed by atoms with Crippen LogP contribution in [0.4, 0.5) is 18.9 Å². The smallest absolute Gasteiger partial charge is 0.308 e. The van der Waals surface area contributed by atoms with Gasteiger partial charge in [-0.15, -0.1) is 0 Å². The zero-order valence-corrected chi connectivity index (χ0v) is 44.7. The maximum Gasteiger partial charge on any atom is 0.415 e. The predicted molar refractivity (Wildman–Crippen MR) is 316 cm³/mol. The van der Waals surface area contributed by atoms with Gasteiger partial charge in [0.1, 0.15) is 11.6 Å². The van der Waals surface area contributed by atoms with Gasteiger partial charge in [0.25, 0.3) is 0 Å². The van der Waals surface area contributed by atoms with Crippen molar-refractivity contribution in [3.8, 4) is 73.1 Å². The third-order valence-electron chi connectivity index (χ3n) is 15.2. The van der Waals surface area contributed by atoms with E-state index >= 15 is 13.2 Å². The molecule has 378 valence electrons. The van der Waals surface area contributed by atoms with Gasteiger partial charge in [0.15, 0.2) is 5.69 Å². The zero-order valence-electron chi connectivity index (χ0n) is 44.7. The highest BCUT2D eigenvalue weighted by Crippen LogP contribution is 2.49. The topological polar surface area (TPSA) is 38.0 Å². The lowest BCUT2D eigenvalue weighted by Crippen LogP contribution is -2.10. The molecule has 0 amide bonds. The SMILES string of the molecule is [C-]#[N+]c1cccc(C(F)(F)F)c1-c1ccc(-n2c3cc(-c4cc(C)cc(C)c4)ccc3c3ccc(-c4cc(C)cc(C)c4)cc32)c(C#N)c1-n1c2cc(-c3cc(C)cc(C)c3)ccc2c2ccc(-c3cc(C)cc(C)c3)cc21. The lowest BCUT2D eigenvalue weighted by Gasteiger charge is -2.23.